The summed E-state index contributed by atoms with van der Waals surface area (Å²) in [5.74, 6) is 2.00. The lowest BCUT2D eigenvalue weighted by molar-refractivity contribution is 0.0793. The Labute approximate surface area is 138 Å². The number of benzene rings is 1. The molecule has 0 spiro atoms. The fraction of sp³-hybridized carbons (Fsp3) is 0.353. The highest BCUT2D eigenvalue weighted by Crippen LogP contribution is 2.31. The second kappa shape index (κ2) is 5.45. The molecule has 1 aromatic carbocycles. The lowest BCUT2D eigenvalue weighted by Gasteiger charge is -2.15. The number of aryl methyl sites for hydroxylation is 2. The van der Waals surface area contributed by atoms with Crippen LogP contribution in [-0.2, 0) is 0 Å². The summed E-state index contributed by atoms with van der Waals surface area (Å²) in [6, 6.07) is 6.26. The molecule has 6 heteroatoms. The Morgan fingerprint density at radius 1 is 1.39 bits per heavy atom. The van der Waals surface area contributed by atoms with Gasteiger partial charge in [-0.05, 0) is 31.9 Å². The molecule has 0 bridgehead atoms. The number of fused-ring (bicyclic) bond motifs is 1. The molecular weight excluding hydrogens is 308 g/mol. The molecule has 1 unspecified atom stereocenters. The van der Waals surface area contributed by atoms with E-state index in [0.29, 0.717) is 6.54 Å². The maximum absolute atomic E-state index is 12.9. The highest BCUT2D eigenvalue weighted by Gasteiger charge is 2.31. The molecule has 23 heavy (non-hydrogen) atoms. The summed E-state index contributed by atoms with van der Waals surface area (Å²) in [5.41, 5.74) is 2.04. The van der Waals surface area contributed by atoms with Crippen LogP contribution in [0, 0.1) is 13.8 Å². The number of carbonyl (C=O) groups excluding carboxylic acids is 1. The Bertz CT molecular complexity index is 882. The second-order valence-electron chi connectivity index (χ2n) is 6.16. The van der Waals surface area contributed by atoms with Crippen molar-refractivity contribution in [3.05, 3.63) is 46.4 Å². The smallest absolute Gasteiger partial charge is 0.255 e. The number of hydrogen-bond donors (Lipinski definition) is 1. The number of amides is 1. The minimum atomic E-state index is 0.120. The van der Waals surface area contributed by atoms with Crippen molar-refractivity contribution in [2.75, 3.05) is 13.1 Å². The second-order valence-corrected chi connectivity index (χ2v) is 7.08. The van der Waals surface area contributed by atoms with Crippen molar-refractivity contribution >= 4 is 27.3 Å². The van der Waals surface area contributed by atoms with Crippen LogP contribution in [0.2, 0.25) is 0 Å². The van der Waals surface area contributed by atoms with Gasteiger partial charge in [0.1, 0.15) is 5.82 Å². The summed E-state index contributed by atoms with van der Waals surface area (Å²) in [6.45, 7) is 5.43. The van der Waals surface area contributed by atoms with Gasteiger partial charge >= 0.3 is 0 Å². The SMILES string of the molecule is Cc1ccc2c(C(=O)N3CCC(c4n[nH]c(C)n4)C3)csc2c1. The van der Waals surface area contributed by atoms with E-state index >= 15 is 0 Å². The van der Waals surface area contributed by atoms with Gasteiger partial charge in [-0.2, -0.15) is 5.10 Å². The monoisotopic (exact) mass is 326 g/mol. The van der Waals surface area contributed by atoms with Gasteiger partial charge in [0.15, 0.2) is 5.82 Å². The van der Waals surface area contributed by atoms with Crippen molar-refractivity contribution < 1.29 is 4.79 Å². The standard InChI is InChI=1S/C17H18N4OS/c1-10-3-4-13-14(9-23-15(13)7-10)17(22)21-6-5-12(8-21)16-18-11(2)19-20-16/h3-4,7,9,12H,5-6,8H2,1-2H3,(H,18,19,20). The average Bonchev–Trinajstić information content (AvgIpc) is 3.24. The van der Waals surface area contributed by atoms with Crippen LogP contribution in [0.4, 0.5) is 0 Å². The van der Waals surface area contributed by atoms with Crippen LogP contribution >= 0.6 is 11.3 Å². The highest BCUT2D eigenvalue weighted by molar-refractivity contribution is 7.17. The Morgan fingerprint density at radius 2 is 2.26 bits per heavy atom. The van der Waals surface area contributed by atoms with Crippen molar-refractivity contribution in [3.8, 4) is 0 Å². The van der Waals surface area contributed by atoms with E-state index in [-0.39, 0.29) is 11.8 Å². The summed E-state index contributed by atoms with van der Waals surface area (Å²) < 4.78 is 1.17. The van der Waals surface area contributed by atoms with E-state index in [1.165, 1.54) is 10.3 Å². The van der Waals surface area contributed by atoms with Crippen molar-refractivity contribution in [1.82, 2.24) is 20.1 Å². The van der Waals surface area contributed by atoms with Gasteiger partial charge in [-0.3, -0.25) is 9.89 Å². The maximum atomic E-state index is 12.9. The molecule has 1 N–H and O–H groups in total. The third-order valence-corrected chi connectivity index (χ3v) is 5.36. The Kier molecular flexibility index (Phi) is 3.41. The number of nitrogens with one attached hydrogen (secondary N) is 1. The van der Waals surface area contributed by atoms with E-state index in [0.717, 1.165) is 35.6 Å². The van der Waals surface area contributed by atoms with Gasteiger partial charge in [0.05, 0.1) is 5.56 Å². The first-order valence-electron chi connectivity index (χ1n) is 7.78. The molecule has 1 atom stereocenters. The molecule has 0 aliphatic carbocycles. The molecule has 1 saturated heterocycles. The lowest BCUT2D eigenvalue weighted by Crippen LogP contribution is -2.28. The molecule has 118 valence electrons. The molecule has 3 aromatic rings. The van der Waals surface area contributed by atoms with E-state index in [1.807, 2.05) is 17.2 Å². The number of nitrogens with zero attached hydrogens (tertiary/aromatic N) is 3. The first-order chi connectivity index (χ1) is 11.1. The van der Waals surface area contributed by atoms with Crippen LogP contribution < -0.4 is 0 Å². The first kappa shape index (κ1) is 14.4. The van der Waals surface area contributed by atoms with Gasteiger partial charge < -0.3 is 4.90 Å². The third kappa shape index (κ3) is 2.53. The number of aromatic amines is 1. The van der Waals surface area contributed by atoms with Crippen LogP contribution in [0.1, 0.15) is 39.9 Å². The zero-order valence-corrected chi connectivity index (χ0v) is 14.0. The van der Waals surface area contributed by atoms with Crippen LogP contribution in [0.3, 0.4) is 0 Å². The molecule has 1 amide bonds. The molecule has 3 heterocycles. The highest BCUT2D eigenvalue weighted by atomic mass is 32.1. The predicted octanol–water partition coefficient (Wildman–Crippen LogP) is 3.27. The largest absolute Gasteiger partial charge is 0.338 e. The lowest BCUT2D eigenvalue weighted by atomic mass is 10.1. The summed E-state index contributed by atoms with van der Waals surface area (Å²) >= 11 is 1.64. The van der Waals surface area contributed by atoms with Gasteiger partial charge in [0.25, 0.3) is 5.91 Å². The number of H-pyrrole nitrogens is 1. The zero-order valence-electron chi connectivity index (χ0n) is 13.2. The summed E-state index contributed by atoms with van der Waals surface area (Å²) in [6.07, 6.45) is 0.921. The molecular formula is C17H18N4OS. The van der Waals surface area contributed by atoms with Crippen molar-refractivity contribution in [2.45, 2.75) is 26.2 Å². The summed E-state index contributed by atoms with van der Waals surface area (Å²) in [5, 5.41) is 10.2. The molecule has 0 radical (unpaired) electrons. The number of likely N-dealkylation sites (tertiary alicyclic amines) is 1. The fourth-order valence-electron chi connectivity index (χ4n) is 3.17. The van der Waals surface area contributed by atoms with Gasteiger partial charge in [-0.1, -0.05) is 12.1 Å². The number of aromatic nitrogens is 3. The van der Waals surface area contributed by atoms with Crippen molar-refractivity contribution in [2.24, 2.45) is 0 Å². The van der Waals surface area contributed by atoms with E-state index in [4.69, 9.17) is 0 Å². The van der Waals surface area contributed by atoms with Gasteiger partial charge in [0.2, 0.25) is 0 Å². The number of thiophene rings is 1. The average molecular weight is 326 g/mol. The van der Waals surface area contributed by atoms with Crippen LogP contribution in [-0.4, -0.2) is 39.1 Å². The molecule has 2 aromatic heterocycles. The number of rotatable bonds is 2. The van der Waals surface area contributed by atoms with Gasteiger partial charge in [-0.25, -0.2) is 4.98 Å². The zero-order chi connectivity index (χ0) is 16.0. The van der Waals surface area contributed by atoms with Crippen LogP contribution in [0.5, 0.6) is 0 Å². The van der Waals surface area contributed by atoms with E-state index in [1.54, 1.807) is 11.3 Å². The Hall–Kier alpha value is -2.21. The van der Waals surface area contributed by atoms with E-state index in [9.17, 15) is 4.79 Å². The number of hydrogen-bond acceptors (Lipinski definition) is 4. The van der Waals surface area contributed by atoms with Crippen LogP contribution in [0.25, 0.3) is 10.1 Å². The molecule has 0 saturated carbocycles. The summed E-state index contributed by atoms with van der Waals surface area (Å²) in [7, 11) is 0. The van der Waals surface area contributed by atoms with Crippen molar-refractivity contribution in [1.29, 1.82) is 0 Å². The Morgan fingerprint density at radius 3 is 3.04 bits per heavy atom. The predicted molar refractivity (Wildman–Crippen MR) is 90.9 cm³/mol. The minimum Gasteiger partial charge on any atom is -0.338 e. The first-order valence-corrected chi connectivity index (χ1v) is 8.66. The molecule has 1 fully saturated rings. The molecule has 4 rings (SSSR count). The fourth-order valence-corrected chi connectivity index (χ4v) is 4.20. The van der Waals surface area contributed by atoms with E-state index < -0.39 is 0 Å². The maximum Gasteiger partial charge on any atom is 0.255 e. The minimum absolute atomic E-state index is 0.120. The summed E-state index contributed by atoms with van der Waals surface area (Å²) in [4.78, 5) is 19.2. The van der Waals surface area contributed by atoms with E-state index in [2.05, 4.69) is 40.3 Å². The quantitative estimate of drug-likeness (QED) is 0.786. The normalized spacial score (nSPS) is 18.0. The molecule has 1 aliphatic rings. The van der Waals surface area contributed by atoms with Crippen molar-refractivity contribution in [3.63, 3.8) is 0 Å². The number of carbonyl (C=O) groups is 1. The van der Waals surface area contributed by atoms with Gasteiger partial charge in [-0.15, -0.1) is 11.3 Å². The van der Waals surface area contributed by atoms with Crippen LogP contribution in [0.15, 0.2) is 23.6 Å². The van der Waals surface area contributed by atoms with Gasteiger partial charge in [0, 0.05) is 34.5 Å². The Balaban J connectivity index is 1.57. The topological polar surface area (TPSA) is 61.9 Å². The molecule has 1 aliphatic heterocycles. The molecule has 5 nitrogen and oxygen atoms in total. The third-order valence-electron chi connectivity index (χ3n) is 4.42.